The van der Waals surface area contributed by atoms with E-state index >= 15 is 0 Å². The highest BCUT2D eigenvalue weighted by atomic mass is 35.5. The maximum absolute atomic E-state index is 14.0. The van der Waals surface area contributed by atoms with Crippen molar-refractivity contribution in [3.63, 3.8) is 0 Å². The van der Waals surface area contributed by atoms with E-state index in [0.29, 0.717) is 5.89 Å². The summed E-state index contributed by atoms with van der Waals surface area (Å²) in [5.74, 6) is -0.0879. The van der Waals surface area contributed by atoms with Gasteiger partial charge >= 0.3 is 0 Å². The molecule has 0 spiro atoms. The predicted octanol–water partition coefficient (Wildman–Crippen LogP) is 3.85. The van der Waals surface area contributed by atoms with Gasteiger partial charge in [0.25, 0.3) is 0 Å². The lowest BCUT2D eigenvalue weighted by Crippen LogP contribution is -2.22. The van der Waals surface area contributed by atoms with Crippen LogP contribution in [0.1, 0.15) is 18.4 Å². The van der Waals surface area contributed by atoms with Gasteiger partial charge in [0.2, 0.25) is 5.89 Å². The maximum atomic E-state index is 14.0. The van der Waals surface area contributed by atoms with Crippen molar-refractivity contribution in [3.05, 3.63) is 46.3 Å². The van der Waals surface area contributed by atoms with Gasteiger partial charge in [0.15, 0.2) is 17.7 Å². The Morgan fingerprint density at radius 2 is 2.29 bits per heavy atom. The topological polar surface area (TPSA) is 47.3 Å². The van der Waals surface area contributed by atoms with Crippen molar-refractivity contribution in [1.29, 1.82) is 0 Å². The minimum atomic E-state index is -0.602. The Labute approximate surface area is 131 Å². The number of nitrogens with zero attached hydrogens (tertiary/aromatic N) is 1. The van der Waals surface area contributed by atoms with E-state index in [1.807, 2.05) is 0 Å². The molecule has 0 aliphatic carbocycles. The third kappa shape index (κ3) is 3.15. The van der Waals surface area contributed by atoms with E-state index in [1.165, 1.54) is 24.6 Å². The molecule has 2 heterocycles. The summed E-state index contributed by atoms with van der Waals surface area (Å²) in [6.07, 6.45) is 3.39. The van der Waals surface area contributed by atoms with Gasteiger partial charge in [-0.15, -0.1) is 0 Å². The molecule has 1 aromatic carbocycles. The number of oxazole rings is 1. The monoisotopic (exact) mass is 330 g/mol. The molecule has 112 valence electrons. The fourth-order valence-corrected chi connectivity index (χ4v) is 2.94. The van der Waals surface area contributed by atoms with Gasteiger partial charge in [0, 0.05) is 17.5 Å². The summed E-state index contributed by atoms with van der Waals surface area (Å²) in [7, 11) is 0. The molecule has 1 N–H and O–H groups in total. The second-order valence-corrected chi connectivity index (χ2v) is 5.70. The summed E-state index contributed by atoms with van der Waals surface area (Å²) >= 11 is 11.8. The Bertz CT molecular complexity index is 592. The van der Waals surface area contributed by atoms with Crippen molar-refractivity contribution < 1.29 is 13.5 Å². The number of aromatic nitrogens is 1. The zero-order valence-electron chi connectivity index (χ0n) is 11.0. The predicted molar refractivity (Wildman–Crippen MR) is 77.3 cm³/mol. The first-order valence-electron chi connectivity index (χ1n) is 6.56. The minimum absolute atomic E-state index is 0.0313. The molecule has 0 bridgehead atoms. The summed E-state index contributed by atoms with van der Waals surface area (Å²) in [6.45, 7) is 1.63. The Hall–Kier alpha value is -1.30. The molecular formula is C14H13Cl2FN2O2. The molecule has 3 rings (SSSR count). The van der Waals surface area contributed by atoms with Crippen molar-refractivity contribution in [2.24, 2.45) is 5.92 Å². The average molecular weight is 331 g/mol. The van der Waals surface area contributed by atoms with Crippen LogP contribution >= 0.6 is 23.2 Å². The molecule has 1 aromatic heterocycles. The van der Waals surface area contributed by atoms with E-state index in [2.05, 4.69) is 10.3 Å². The number of ether oxygens (including phenoxy) is 1. The number of hydrogen-bond donors (Lipinski definition) is 1. The van der Waals surface area contributed by atoms with Crippen LogP contribution in [0.3, 0.4) is 0 Å². The molecule has 1 saturated heterocycles. The van der Waals surface area contributed by atoms with Crippen LogP contribution in [0.25, 0.3) is 0 Å². The number of halogens is 3. The van der Waals surface area contributed by atoms with E-state index in [0.717, 1.165) is 19.5 Å². The first kappa shape index (κ1) is 14.6. The SMILES string of the molecule is Fc1cc(Cl)cc(Cl)c1O[C@H](c1ncco1)C1CCNC1. The van der Waals surface area contributed by atoms with Crippen LogP contribution in [-0.2, 0) is 0 Å². The molecule has 1 fully saturated rings. The van der Waals surface area contributed by atoms with Gasteiger partial charge in [-0.05, 0) is 25.1 Å². The van der Waals surface area contributed by atoms with Crippen molar-refractivity contribution in [1.82, 2.24) is 10.3 Å². The summed E-state index contributed by atoms with van der Waals surface area (Å²) in [5, 5.41) is 3.59. The highest BCUT2D eigenvalue weighted by Gasteiger charge is 2.32. The number of benzene rings is 1. The molecule has 1 aliphatic heterocycles. The van der Waals surface area contributed by atoms with E-state index in [9.17, 15) is 4.39 Å². The quantitative estimate of drug-likeness (QED) is 0.924. The second-order valence-electron chi connectivity index (χ2n) is 4.86. The standard InChI is InChI=1S/C14H13Cl2FN2O2/c15-9-5-10(16)13(11(17)6-9)21-12(8-1-2-18-7-8)14-19-3-4-20-14/h3-6,8,12,18H,1-2,7H2/t8?,12-/m0/s1. The van der Waals surface area contributed by atoms with E-state index < -0.39 is 11.9 Å². The van der Waals surface area contributed by atoms with Crippen molar-refractivity contribution in [2.75, 3.05) is 13.1 Å². The van der Waals surface area contributed by atoms with Gasteiger partial charge < -0.3 is 14.5 Å². The van der Waals surface area contributed by atoms with Crippen molar-refractivity contribution >= 4 is 23.2 Å². The van der Waals surface area contributed by atoms with Crippen LogP contribution in [0.2, 0.25) is 10.0 Å². The third-order valence-corrected chi connectivity index (χ3v) is 3.93. The van der Waals surface area contributed by atoms with Crippen LogP contribution < -0.4 is 10.1 Å². The molecule has 0 amide bonds. The maximum Gasteiger partial charge on any atom is 0.235 e. The highest BCUT2D eigenvalue weighted by molar-refractivity contribution is 6.35. The molecule has 2 aromatic rings. The molecule has 1 unspecified atom stereocenters. The van der Waals surface area contributed by atoms with Crippen LogP contribution in [-0.4, -0.2) is 18.1 Å². The zero-order chi connectivity index (χ0) is 14.8. The fourth-order valence-electron chi connectivity index (χ4n) is 2.43. The molecular weight excluding hydrogens is 318 g/mol. The minimum Gasteiger partial charge on any atom is -0.476 e. The van der Waals surface area contributed by atoms with E-state index in [4.69, 9.17) is 32.4 Å². The van der Waals surface area contributed by atoms with Crippen molar-refractivity contribution in [2.45, 2.75) is 12.5 Å². The van der Waals surface area contributed by atoms with Crippen LogP contribution in [0.5, 0.6) is 5.75 Å². The van der Waals surface area contributed by atoms with Crippen LogP contribution in [0.4, 0.5) is 4.39 Å². The van der Waals surface area contributed by atoms with Gasteiger partial charge in [-0.3, -0.25) is 0 Å². The lowest BCUT2D eigenvalue weighted by atomic mass is 10.0. The molecule has 4 nitrogen and oxygen atoms in total. The van der Waals surface area contributed by atoms with Gasteiger partial charge in [-0.25, -0.2) is 9.37 Å². The molecule has 21 heavy (non-hydrogen) atoms. The molecule has 7 heteroatoms. The Kier molecular flexibility index (Phi) is 4.33. The Balaban J connectivity index is 1.91. The zero-order valence-corrected chi connectivity index (χ0v) is 12.5. The fraction of sp³-hybridized carbons (Fsp3) is 0.357. The van der Waals surface area contributed by atoms with Crippen molar-refractivity contribution in [3.8, 4) is 5.75 Å². The second kappa shape index (κ2) is 6.22. The smallest absolute Gasteiger partial charge is 0.235 e. The first-order chi connectivity index (χ1) is 10.1. The normalized spacial score (nSPS) is 19.7. The molecule has 1 aliphatic rings. The first-order valence-corrected chi connectivity index (χ1v) is 7.32. The number of hydrogen-bond acceptors (Lipinski definition) is 4. The lowest BCUT2D eigenvalue weighted by Gasteiger charge is -2.22. The Morgan fingerprint density at radius 3 is 2.90 bits per heavy atom. The van der Waals surface area contributed by atoms with Crippen LogP contribution in [0.15, 0.2) is 29.0 Å². The number of nitrogens with one attached hydrogen (secondary N) is 1. The van der Waals surface area contributed by atoms with Gasteiger partial charge in [0.1, 0.15) is 6.26 Å². The van der Waals surface area contributed by atoms with Crippen LogP contribution in [0, 0.1) is 11.7 Å². The average Bonchev–Trinajstić information content (AvgIpc) is 3.11. The molecule has 0 saturated carbocycles. The van der Waals surface area contributed by atoms with Gasteiger partial charge in [-0.1, -0.05) is 23.2 Å². The summed E-state index contributed by atoms with van der Waals surface area (Å²) in [5.41, 5.74) is 0. The lowest BCUT2D eigenvalue weighted by molar-refractivity contribution is 0.109. The summed E-state index contributed by atoms with van der Waals surface area (Å²) in [4.78, 5) is 4.12. The largest absolute Gasteiger partial charge is 0.476 e. The van der Waals surface area contributed by atoms with E-state index in [-0.39, 0.29) is 21.7 Å². The van der Waals surface area contributed by atoms with Gasteiger partial charge in [0.05, 0.1) is 11.2 Å². The summed E-state index contributed by atoms with van der Waals surface area (Å²) < 4.78 is 25.2. The third-order valence-electron chi connectivity index (χ3n) is 3.43. The summed E-state index contributed by atoms with van der Waals surface area (Å²) in [6, 6.07) is 2.61. The number of rotatable bonds is 4. The highest BCUT2D eigenvalue weighted by Crippen LogP contribution is 2.37. The molecule has 0 radical (unpaired) electrons. The van der Waals surface area contributed by atoms with E-state index in [1.54, 1.807) is 0 Å². The Morgan fingerprint density at radius 1 is 1.43 bits per heavy atom. The van der Waals surface area contributed by atoms with Gasteiger partial charge in [-0.2, -0.15) is 0 Å². The molecule has 2 atom stereocenters.